The number of rotatable bonds is 1. The number of nitrogens with zero attached hydrogens (tertiary/aromatic N) is 3. The van der Waals surface area contributed by atoms with Crippen LogP contribution in [0.3, 0.4) is 0 Å². The van der Waals surface area contributed by atoms with E-state index in [1.54, 1.807) is 29.7 Å². The Balaban J connectivity index is 0.000000170. The molecule has 0 aromatic carbocycles. The van der Waals surface area contributed by atoms with Crippen molar-refractivity contribution in [3.8, 4) is 0 Å². The van der Waals surface area contributed by atoms with Gasteiger partial charge in [0.05, 0.1) is 11.9 Å². The van der Waals surface area contributed by atoms with E-state index >= 15 is 0 Å². The number of carboxylic acid groups (broad SMARTS) is 1. The van der Waals surface area contributed by atoms with Crippen LogP contribution >= 0.6 is 11.3 Å². The van der Waals surface area contributed by atoms with Crippen LogP contribution in [0.5, 0.6) is 0 Å². The third kappa shape index (κ3) is 8.11. The normalized spacial score (nSPS) is 11.8. The van der Waals surface area contributed by atoms with Crippen molar-refractivity contribution >= 4 is 23.5 Å². The number of carbonyl (C=O) groups is 1. The molecular formula is C13H15N5O2S. The van der Waals surface area contributed by atoms with Crippen molar-refractivity contribution in [3.05, 3.63) is 58.7 Å². The summed E-state index contributed by atoms with van der Waals surface area (Å²) in [5.74, 6) is -1.01. The molecule has 0 saturated carbocycles. The zero-order valence-corrected chi connectivity index (χ0v) is 12.1. The molecule has 2 aromatic rings. The minimum Gasteiger partial charge on any atom is -0.477 e. The Bertz CT molecular complexity index is 571. The summed E-state index contributed by atoms with van der Waals surface area (Å²) in [4.78, 5) is 10.3. The van der Waals surface area contributed by atoms with Crippen LogP contribution in [0.1, 0.15) is 5.69 Å². The van der Waals surface area contributed by atoms with E-state index in [4.69, 9.17) is 5.11 Å². The molecule has 1 aliphatic rings. The molecule has 1 aliphatic heterocycles. The number of hydrogen-bond acceptors (Lipinski definition) is 6. The van der Waals surface area contributed by atoms with Crippen molar-refractivity contribution in [2.24, 2.45) is 5.10 Å². The first-order valence-electron chi connectivity index (χ1n) is 5.89. The summed E-state index contributed by atoms with van der Waals surface area (Å²) in [5.41, 5.74) is 3.35. The maximum atomic E-state index is 10.3. The quantitative estimate of drug-likeness (QED) is 0.747. The first-order valence-corrected chi connectivity index (χ1v) is 6.83. The third-order valence-corrected chi connectivity index (χ3v) is 2.54. The van der Waals surface area contributed by atoms with E-state index in [9.17, 15) is 4.79 Å². The van der Waals surface area contributed by atoms with E-state index in [1.165, 1.54) is 12.3 Å². The van der Waals surface area contributed by atoms with Crippen molar-refractivity contribution in [2.75, 3.05) is 0 Å². The van der Waals surface area contributed by atoms with Crippen molar-refractivity contribution < 1.29 is 9.90 Å². The van der Waals surface area contributed by atoms with Crippen LogP contribution in [0.2, 0.25) is 0 Å². The standard InChI is InChI=1S/C6H6N2O2.C4H4S.C3H5N3/c9-6(10)5-3-1-2-4-7-8-5;1-2-4-5-3-1;1-3-2-4-6-5-3/h1-4,8H,(H,9,10);1-4H;2H,1H3,(H,4,5,6). The second-order valence-electron chi connectivity index (χ2n) is 3.56. The average molecular weight is 305 g/mol. The summed E-state index contributed by atoms with van der Waals surface area (Å²) >= 11 is 1.71. The predicted octanol–water partition coefficient (Wildman–Crippen LogP) is 1.96. The summed E-state index contributed by atoms with van der Waals surface area (Å²) in [6, 6.07) is 4.04. The van der Waals surface area contributed by atoms with Crippen LogP contribution in [0.15, 0.2) is 58.1 Å². The number of aryl methyl sites for hydroxylation is 1. The Hall–Kier alpha value is -2.74. The highest BCUT2D eigenvalue weighted by molar-refractivity contribution is 7.07. The van der Waals surface area contributed by atoms with Gasteiger partial charge in [0, 0.05) is 6.21 Å². The van der Waals surface area contributed by atoms with Gasteiger partial charge in [0.25, 0.3) is 0 Å². The largest absolute Gasteiger partial charge is 0.477 e. The minimum atomic E-state index is -1.01. The van der Waals surface area contributed by atoms with E-state index < -0.39 is 5.97 Å². The second kappa shape index (κ2) is 10.1. The van der Waals surface area contributed by atoms with Crippen LogP contribution in [-0.2, 0) is 4.79 Å². The molecule has 8 heteroatoms. The third-order valence-electron chi connectivity index (χ3n) is 1.91. The zero-order chi connectivity index (χ0) is 15.3. The lowest BCUT2D eigenvalue weighted by atomic mass is 10.4. The molecule has 3 N–H and O–H groups in total. The minimum absolute atomic E-state index is 0.0741. The summed E-state index contributed by atoms with van der Waals surface area (Å²) in [6.07, 6.45) is 7.83. The fraction of sp³-hybridized carbons (Fsp3) is 0.0769. The molecule has 0 amide bonds. The van der Waals surface area contributed by atoms with Gasteiger partial charge >= 0.3 is 5.97 Å². The van der Waals surface area contributed by atoms with Gasteiger partial charge in [-0.15, -0.1) is 0 Å². The SMILES string of the molecule is Cc1cn[nH]n1.O=C(O)C1=CC=CC=NN1.c1ccsc1. The van der Waals surface area contributed by atoms with Gasteiger partial charge in [-0.2, -0.15) is 31.8 Å². The molecule has 0 bridgehead atoms. The molecule has 3 rings (SSSR count). The van der Waals surface area contributed by atoms with Crippen molar-refractivity contribution in [1.29, 1.82) is 0 Å². The van der Waals surface area contributed by atoms with Gasteiger partial charge < -0.3 is 5.11 Å². The average Bonchev–Trinajstić information content (AvgIpc) is 3.12. The van der Waals surface area contributed by atoms with Gasteiger partial charge in [0.2, 0.25) is 0 Å². The molecule has 0 aliphatic carbocycles. The Morgan fingerprint density at radius 3 is 2.48 bits per heavy atom. The highest BCUT2D eigenvalue weighted by atomic mass is 32.1. The van der Waals surface area contributed by atoms with Gasteiger partial charge in [-0.1, -0.05) is 18.2 Å². The number of hydrogen-bond donors (Lipinski definition) is 3. The van der Waals surface area contributed by atoms with Crippen LogP contribution in [0, 0.1) is 6.92 Å². The molecule has 0 saturated heterocycles. The van der Waals surface area contributed by atoms with Crippen LogP contribution in [0.25, 0.3) is 0 Å². The van der Waals surface area contributed by atoms with Crippen molar-refractivity contribution in [1.82, 2.24) is 20.8 Å². The molecule has 0 unspecified atom stereocenters. The predicted molar refractivity (Wildman–Crippen MR) is 81.9 cm³/mol. The van der Waals surface area contributed by atoms with E-state index in [-0.39, 0.29) is 5.70 Å². The van der Waals surface area contributed by atoms with E-state index in [1.807, 2.05) is 29.8 Å². The first-order chi connectivity index (χ1) is 10.2. The monoisotopic (exact) mass is 305 g/mol. The topological polar surface area (TPSA) is 103 Å². The molecule has 0 atom stereocenters. The lowest BCUT2D eigenvalue weighted by Gasteiger charge is -1.95. The number of carboxylic acids is 1. The Morgan fingerprint density at radius 2 is 2.05 bits per heavy atom. The summed E-state index contributed by atoms with van der Waals surface area (Å²) in [7, 11) is 0. The van der Waals surface area contributed by atoms with Gasteiger partial charge in [-0.05, 0) is 29.8 Å². The van der Waals surface area contributed by atoms with Gasteiger partial charge in [0.15, 0.2) is 0 Å². The van der Waals surface area contributed by atoms with Crippen LogP contribution < -0.4 is 5.43 Å². The number of thiophene rings is 1. The van der Waals surface area contributed by atoms with Gasteiger partial charge in [-0.25, -0.2) is 4.79 Å². The van der Waals surface area contributed by atoms with Gasteiger partial charge in [-0.3, -0.25) is 5.43 Å². The smallest absolute Gasteiger partial charge is 0.353 e. The summed E-state index contributed by atoms with van der Waals surface area (Å²) in [5, 5.41) is 25.8. The van der Waals surface area contributed by atoms with Crippen molar-refractivity contribution in [3.63, 3.8) is 0 Å². The lowest BCUT2D eigenvalue weighted by Crippen LogP contribution is -2.13. The first kappa shape index (κ1) is 16.3. The second-order valence-corrected chi connectivity index (χ2v) is 4.38. The summed E-state index contributed by atoms with van der Waals surface area (Å²) in [6.45, 7) is 1.88. The number of aromatic nitrogens is 3. The Kier molecular flexibility index (Phi) is 7.84. The van der Waals surface area contributed by atoms with Crippen LogP contribution in [-0.4, -0.2) is 32.7 Å². The number of hydrazone groups is 1. The summed E-state index contributed by atoms with van der Waals surface area (Å²) < 4.78 is 0. The zero-order valence-electron chi connectivity index (χ0n) is 11.3. The van der Waals surface area contributed by atoms with Crippen LogP contribution in [0.4, 0.5) is 0 Å². The number of aromatic amines is 1. The highest BCUT2D eigenvalue weighted by Gasteiger charge is 2.03. The number of nitrogens with one attached hydrogen (secondary N) is 2. The molecule has 2 aromatic heterocycles. The lowest BCUT2D eigenvalue weighted by molar-refractivity contribution is -0.133. The number of aliphatic carboxylic acids is 1. The molecule has 110 valence electrons. The Labute approximate surface area is 125 Å². The fourth-order valence-electron chi connectivity index (χ4n) is 0.993. The molecular weight excluding hydrogens is 290 g/mol. The van der Waals surface area contributed by atoms with E-state index in [0.29, 0.717) is 0 Å². The highest BCUT2D eigenvalue weighted by Crippen LogP contribution is 1.92. The molecule has 0 fully saturated rings. The van der Waals surface area contributed by atoms with Crippen molar-refractivity contribution in [2.45, 2.75) is 6.92 Å². The fourth-order valence-corrected chi connectivity index (χ4v) is 1.45. The molecule has 0 spiro atoms. The van der Waals surface area contributed by atoms with E-state index in [0.717, 1.165) is 5.69 Å². The van der Waals surface area contributed by atoms with Gasteiger partial charge in [0.1, 0.15) is 5.70 Å². The number of H-pyrrole nitrogens is 1. The number of allylic oxidation sites excluding steroid dienone is 3. The van der Waals surface area contributed by atoms with E-state index in [2.05, 4.69) is 25.9 Å². The molecule has 3 heterocycles. The maximum absolute atomic E-state index is 10.3. The molecule has 7 nitrogen and oxygen atoms in total. The molecule has 0 radical (unpaired) electrons. The molecule has 21 heavy (non-hydrogen) atoms. The maximum Gasteiger partial charge on any atom is 0.353 e. The Morgan fingerprint density at radius 1 is 1.29 bits per heavy atom.